The maximum absolute atomic E-state index is 12.4. The smallest absolute Gasteiger partial charge is 0.200 e. The van der Waals surface area contributed by atoms with E-state index in [1.165, 1.54) is 11.6 Å². The molecule has 1 aromatic heterocycles. The van der Waals surface area contributed by atoms with Gasteiger partial charge in [-0.2, -0.15) is 0 Å². The zero-order valence-electron chi connectivity index (χ0n) is 17.5. The van der Waals surface area contributed by atoms with Crippen LogP contribution in [0, 0.1) is 19.8 Å². The minimum Gasteiger partial charge on any atom is -0.482 e. The number of carbonyl (C=O) groups is 1. The van der Waals surface area contributed by atoms with E-state index >= 15 is 0 Å². The van der Waals surface area contributed by atoms with Gasteiger partial charge in [0.15, 0.2) is 27.2 Å². The Labute approximate surface area is 173 Å². The van der Waals surface area contributed by atoms with Crippen LogP contribution in [-0.2, 0) is 9.84 Å². The largest absolute Gasteiger partial charge is 0.482 e. The van der Waals surface area contributed by atoms with Crippen molar-refractivity contribution < 1.29 is 17.9 Å². The fourth-order valence-corrected chi connectivity index (χ4v) is 3.40. The molecule has 2 rings (SSSR count). The molecule has 2 atom stereocenters. The maximum Gasteiger partial charge on any atom is 0.200 e. The zero-order chi connectivity index (χ0) is 21.6. The highest BCUT2D eigenvalue weighted by Gasteiger charge is 2.16. The van der Waals surface area contributed by atoms with E-state index in [1.807, 2.05) is 45.0 Å². The highest BCUT2D eigenvalue weighted by molar-refractivity contribution is 7.93. The molecule has 0 saturated heterocycles. The molecule has 1 aromatic carbocycles. The van der Waals surface area contributed by atoms with E-state index in [4.69, 9.17) is 4.74 Å². The number of sulfone groups is 1. The first kappa shape index (κ1) is 22.7. The average molecular weight is 417 g/mol. The average Bonchev–Trinajstić information content (AvgIpc) is 2.65. The first-order valence-corrected chi connectivity index (χ1v) is 11.5. The van der Waals surface area contributed by atoms with E-state index < -0.39 is 9.84 Å². The summed E-state index contributed by atoms with van der Waals surface area (Å²) in [7, 11) is -3.16. The molecule has 0 unspecified atom stereocenters. The fraction of sp³-hybridized carbons (Fsp3) is 0.409. The Balaban J connectivity index is 2.00. The molecule has 0 aliphatic rings. The summed E-state index contributed by atoms with van der Waals surface area (Å²) in [5.74, 6) is 0.484. The van der Waals surface area contributed by atoms with E-state index in [1.54, 1.807) is 13.0 Å². The number of ether oxygens (including phenoxy) is 1. The van der Waals surface area contributed by atoms with Crippen LogP contribution in [0.2, 0.25) is 0 Å². The Hall–Kier alpha value is -2.54. The van der Waals surface area contributed by atoms with Gasteiger partial charge in [-0.15, -0.1) is 0 Å². The predicted molar refractivity (Wildman–Crippen MR) is 114 cm³/mol. The van der Waals surface area contributed by atoms with Crippen LogP contribution < -0.4 is 4.74 Å². The summed E-state index contributed by atoms with van der Waals surface area (Å²) in [4.78, 5) is 20.9. The van der Waals surface area contributed by atoms with Gasteiger partial charge in [0.05, 0.1) is 11.9 Å². The van der Waals surface area contributed by atoms with Gasteiger partial charge in [0, 0.05) is 18.1 Å². The lowest BCUT2D eigenvalue weighted by molar-refractivity contribution is 0.0966. The molecule has 29 heavy (non-hydrogen) atoms. The van der Waals surface area contributed by atoms with Gasteiger partial charge < -0.3 is 4.74 Å². The van der Waals surface area contributed by atoms with Gasteiger partial charge in [0.1, 0.15) is 6.10 Å². The standard InChI is InChI=1S/C22H28N2O4S/c1-15(12-13-29(5,26)27)10-11-20(25)22-23-14-21(17(3)24-22)28-18(4)19-9-7-6-8-16(19)2/h6-9,12-15,18H,10-11H2,1-5H3/b13-12+/t15-,18-/m0/s1. The van der Waals surface area contributed by atoms with Crippen molar-refractivity contribution in [3.8, 4) is 5.75 Å². The Morgan fingerprint density at radius 2 is 1.90 bits per heavy atom. The van der Waals surface area contributed by atoms with Crippen LogP contribution in [-0.4, -0.2) is 30.4 Å². The molecule has 0 fully saturated rings. The fourth-order valence-electron chi connectivity index (χ4n) is 2.85. The van der Waals surface area contributed by atoms with E-state index in [2.05, 4.69) is 9.97 Å². The first-order valence-electron chi connectivity index (χ1n) is 9.54. The molecule has 0 N–H and O–H groups in total. The number of nitrogens with zero attached hydrogens (tertiary/aromatic N) is 2. The quantitative estimate of drug-likeness (QED) is 0.564. The molecular weight excluding hydrogens is 388 g/mol. The minimum absolute atomic E-state index is 0.0349. The summed E-state index contributed by atoms with van der Waals surface area (Å²) in [6.07, 6.45) is 4.88. The van der Waals surface area contributed by atoms with E-state index in [0.717, 1.165) is 17.4 Å². The number of ketones is 1. The lowest BCUT2D eigenvalue weighted by Crippen LogP contribution is -2.11. The molecule has 0 bridgehead atoms. The van der Waals surface area contributed by atoms with Gasteiger partial charge in [0.2, 0.25) is 0 Å². The molecule has 0 saturated carbocycles. The third kappa shape index (κ3) is 7.09. The van der Waals surface area contributed by atoms with Gasteiger partial charge >= 0.3 is 0 Å². The number of aromatic nitrogens is 2. The van der Waals surface area contributed by atoms with Crippen molar-refractivity contribution in [3.63, 3.8) is 0 Å². The molecule has 156 valence electrons. The molecular formula is C22H28N2O4S. The summed E-state index contributed by atoms with van der Waals surface area (Å²) in [6.45, 7) is 7.65. The Kier molecular flexibility index (Phi) is 7.67. The number of Topliss-reactive ketones (excluding diaryl/α,β-unsaturated/α-hetero) is 1. The highest BCUT2D eigenvalue weighted by Crippen LogP contribution is 2.25. The van der Waals surface area contributed by atoms with Crippen molar-refractivity contribution in [2.75, 3.05) is 6.26 Å². The number of benzene rings is 1. The Bertz CT molecular complexity index is 1000. The zero-order valence-corrected chi connectivity index (χ0v) is 18.4. The maximum atomic E-state index is 12.4. The number of hydrogen-bond donors (Lipinski definition) is 0. The summed E-state index contributed by atoms with van der Waals surface area (Å²) >= 11 is 0. The van der Waals surface area contributed by atoms with Crippen molar-refractivity contribution in [1.82, 2.24) is 9.97 Å². The predicted octanol–water partition coefficient (Wildman–Crippen LogP) is 4.39. The number of aryl methyl sites for hydroxylation is 2. The van der Waals surface area contributed by atoms with E-state index in [9.17, 15) is 13.2 Å². The van der Waals surface area contributed by atoms with Crippen LogP contribution in [0.25, 0.3) is 0 Å². The van der Waals surface area contributed by atoms with Crippen LogP contribution in [0.5, 0.6) is 5.75 Å². The molecule has 0 aliphatic carbocycles. The molecule has 0 aliphatic heterocycles. The molecule has 7 heteroatoms. The summed E-state index contributed by atoms with van der Waals surface area (Å²) in [6, 6.07) is 8.01. The van der Waals surface area contributed by atoms with Crippen LogP contribution in [0.4, 0.5) is 0 Å². The number of rotatable bonds is 9. The highest BCUT2D eigenvalue weighted by atomic mass is 32.2. The number of hydrogen-bond acceptors (Lipinski definition) is 6. The van der Waals surface area contributed by atoms with Gasteiger partial charge in [-0.05, 0) is 44.2 Å². The number of allylic oxidation sites excluding steroid dienone is 1. The molecule has 0 amide bonds. The van der Waals surface area contributed by atoms with E-state index in [0.29, 0.717) is 17.9 Å². The molecule has 0 radical (unpaired) electrons. The SMILES string of the molecule is Cc1ccccc1[C@H](C)Oc1cnc(C(=O)CC[C@H](C)/C=C/S(C)(=O)=O)nc1C. The topological polar surface area (TPSA) is 86.2 Å². The summed E-state index contributed by atoms with van der Waals surface area (Å²) in [5.41, 5.74) is 2.83. The molecule has 0 spiro atoms. The Morgan fingerprint density at radius 3 is 2.52 bits per heavy atom. The second kappa shape index (κ2) is 9.78. The minimum atomic E-state index is -3.16. The van der Waals surface area contributed by atoms with Crippen molar-refractivity contribution in [3.05, 3.63) is 64.6 Å². The van der Waals surface area contributed by atoms with Crippen LogP contribution >= 0.6 is 0 Å². The molecule has 2 aromatic rings. The monoisotopic (exact) mass is 416 g/mol. The van der Waals surface area contributed by atoms with Gasteiger partial charge in [-0.25, -0.2) is 18.4 Å². The van der Waals surface area contributed by atoms with Crippen LogP contribution in [0.3, 0.4) is 0 Å². The third-order valence-corrected chi connectivity index (χ3v) is 5.25. The molecule has 1 heterocycles. The van der Waals surface area contributed by atoms with Gasteiger partial charge in [-0.3, -0.25) is 4.79 Å². The lowest BCUT2D eigenvalue weighted by atomic mass is 10.0. The second-order valence-corrected chi connectivity index (χ2v) is 9.29. The first-order chi connectivity index (χ1) is 13.6. The van der Waals surface area contributed by atoms with Crippen molar-refractivity contribution in [2.45, 2.75) is 46.6 Å². The van der Waals surface area contributed by atoms with Crippen molar-refractivity contribution >= 4 is 15.6 Å². The summed E-state index contributed by atoms with van der Waals surface area (Å²) in [5, 5.41) is 1.17. The third-order valence-electron chi connectivity index (χ3n) is 4.59. The molecule has 6 nitrogen and oxygen atoms in total. The number of carbonyl (C=O) groups excluding carboxylic acids is 1. The Morgan fingerprint density at radius 1 is 1.21 bits per heavy atom. The van der Waals surface area contributed by atoms with Crippen LogP contribution in [0.15, 0.2) is 41.9 Å². The summed E-state index contributed by atoms with van der Waals surface area (Å²) < 4.78 is 28.3. The normalized spacial score (nSPS) is 14.0. The van der Waals surface area contributed by atoms with Crippen molar-refractivity contribution in [1.29, 1.82) is 0 Å². The lowest BCUT2D eigenvalue weighted by Gasteiger charge is -2.18. The van der Waals surface area contributed by atoms with Crippen LogP contribution in [0.1, 0.15) is 60.2 Å². The van der Waals surface area contributed by atoms with Gasteiger partial charge in [0.25, 0.3) is 0 Å². The van der Waals surface area contributed by atoms with E-state index in [-0.39, 0.29) is 30.1 Å². The van der Waals surface area contributed by atoms with Gasteiger partial charge in [-0.1, -0.05) is 37.3 Å². The second-order valence-electron chi connectivity index (χ2n) is 7.36. The van der Waals surface area contributed by atoms with Crippen molar-refractivity contribution in [2.24, 2.45) is 5.92 Å².